The van der Waals surface area contributed by atoms with Crippen molar-refractivity contribution in [1.29, 1.82) is 0 Å². The van der Waals surface area contributed by atoms with Crippen molar-refractivity contribution < 1.29 is 22.7 Å². The average Bonchev–Trinajstić information content (AvgIpc) is 2.62. The number of anilines is 1. The minimum Gasteiger partial charge on any atom is -0.466 e. The zero-order valence-corrected chi connectivity index (χ0v) is 17.2. The van der Waals surface area contributed by atoms with Gasteiger partial charge in [-0.25, -0.2) is 8.42 Å². The first-order valence-corrected chi connectivity index (χ1v) is 10.0. The minimum absolute atomic E-state index is 0.0297. The van der Waals surface area contributed by atoms with Crippen molar-refractivity contribution in [3.05, 3.63) is 45.5 Å². The molecule has 3 N–H and O–H groups in total. The molecule has 0 bridgehead atoms. The van der Waals surface area contributed by atoms with E-state index >= 15 is 0 Å². The molecule has 1 aromatic heterocycles. The molecule has 2 amide bonds. The number of hydrazine groups is 1. The zero-order chi connectivity index (χ0) is 20.9. The Kier molecular flexibility index (Phi) is 7.44. The highest BCUT2D eigenvalue weighted by atomic mass is 35.5. The number of carbonyl (C=O) groups excluding carboxylic acids is 2. The molecule has 0 aliphatic rings. The summed E-state index contributed by atoms with van der Waals surface area (Å²) >= 11 is 17.3. The maximum atomic E-state index is 12.2. The fourth-order valence-electron chi connectivity index (χ4n) is 1.80. The van der Waals surface area contributed by atoms with Gasteiger partial charge in [0.05, 0.1) is 9.92 Å². The molecule has 0 spiro atoms. The van der Waals surface area contributed by atoms with Crippen LogP contribution in [0.1, 0.15) is 6.92 Å². The molecule has 28 heavy (non-hydrogen) atoms. The van der Waals surface area contributed by atoms with Crippen molar-refractivity contribution in [2.75, 3.05) is 11.9 Å². The van der Waals surface area contributed by atoms with E-state index in [9.17, 15) is 18.0 Å². The highest BCUT2D eigenvalue weighted by Crippen LogP contribution is 2.30. The number of ether oxygens (including phenoxy) is 1. The number of halogens is 3. The Morgan fingerprint density at radius 3 is 2.36 bits per heavy atom. The second kappa shape index (κ2) is 9.39. The van der Waals surface area contributed by atoms with Gasteiger partial charge in [-0.05, 0) is 30.3 Å². The van der Waals surface area contributed by atoms with Crippen LogP contribution in [0.2, 0.25) is 15.2 Å². The Labute approximate surface area is 175 Å². The number of carbonyl (C=O) groups is 2. The van der Waals surface area contributed by atoms with Gasteiger partial charge in [-0.3, -0.25) is 15.0 Å². The fraction of sp³-hybridized carbons (Fsp3) is 0.133. The number of hydrogen-bond acceptors (Lipinski definition) is 6. The second-order valence-electron chi connectivity index (χ2n) is 5.20. The standard InChI is InChI=1S/C15H13Cl3N4O5S/c1-8(23)19-9-2-4-10(5-3-9)28(25,26)22-21-13(24)7-27-15-12(17)6-11(16)14(18)20-15/h2-6,22H,7H2,1H3,(H,19,23)(H,21,24). The van der Waals surface area contributed by atoms with E-state index < -0.39 is 22.5 Å². The molecule has 2 aromatic rings. The Hall–Kier alpha value is -2.11. The summed E-state index contributed by atoms with van der Waals surface area (Å²) in [6, 6.07) is 6.61. The van der Waals surface area contributed by atoms with Gasteiger partial charge in [0, 0.05) is 12.6 Å². The van der Waals surface area contributed by atoms with Crippen LogP contribution in [0.15, 0.2) is 35.2 Å². The number of hydrogen-bond donors (Lipinski definition) is 3. The van der Waals surface area contributed by atoms with Gasteiger partial charge in [0.1, 0.15) is 5.02 Å². The lowest BCUT2D eigenvalue weighted by Crippen LogP contribution is -2.43. The molecular weight excluding hydrogens is 455 g/mol. The number of aromatic nitrogens is 1. The number of sulfonamides is 1. The van der Waals surface area contributed by atoms with Crippen molar-refractivity contribution in [2.45, 2.75) is 11.8 Å². The van der Waals surface area contributed by atoms with Gasteiger partial charge in [-0.15, -0.1) is 4.83 Å². The Morgan fingerprint density at radius 1 is 1.11 bits per heavy atom. The lowest BCUT2D eigenvalue weighted by Gasteiger charge is -2.10. The first-order chi connectivity index (χ1) is 13.1. The number of rotatable bonds is 7. The number of nitrogens with zero attached hydrogens (tertiary/aromatic N) is 1. The van der Waals surface area contributed by atoms with Gasteiger partial charge in [0.2, 0.25) is 11.8 Å². The van der Waals surface area contributed by atoms with Gasteiger partial charge in [-0.1, -0.05) is 34.8 Å². The van der Waals surface area contributed by atoms with Crippen LogP contribution >= 0.6 is 34.8 Å². The van der Waals surface area contributed by atoms with E-state index in [1.165, 1.54) is 37.3 Å². The first-order valence-electron chi connectivity index (χ1n) is 7.41. The maximum absolute atomic E-state index is 12.2. The predicted octanol–water partition coefficient (Wildman–Crippen LogP) is 2.39. The smallest absolute Gasteiger partial charge is 0.272 e. The Morgan fingerprint density at radius 2 is 1.75 bits per heavy atom. The van der Waals surface area contributed by atoms with Crippen molar-refractivity contribution in [1.82, 2.24) is 15.2 Å². The van der Waals surface area contributed by atoms with Crippen LogP contribution in [-0.2, 0) is 19.6 Å². The highest BCUT2D eigenvalue weighted by molar-refractivity contribution is 7.89. The summed E-state index contributed by atoms with van der Waals surface area (Å²) in [7, 11) is -4.03. The molecule has 2 rings (SSSR count). The molecule has 0 aliphatic heterocycles. The molecule has 0 saturated carbocycles. The molecule has 0 fully saturated rings. The third-order valence-electron chi connectivity index (χ3n) is 3.00. The lowest BCUT2D eigenvalue weighted by molar-refractivity contribution is -0.123. The number of benzene rings is 1. The molecule has 0 aliphatic carbocycles. The normalized spacial score (nSPS) is 11.0. The topological polar surface area (TPSA) is 126 Å². The summed E-state index contributed by atoms with van der Waals surface area (Å²) in [4.78, 5) is 28.3. The van der Waals surface area contributed by atoms with E-state index in [-0.39, 0.29) is 31.9 Å². The molecule has 0 saturated heterocycles. The van der Waals surface area contributed by atoms with Crippen molar-refractivity contribution >= 4 is 62.3 Å². The first kappa shape index (κ1) is 22.2. The summed E-state index contributed by atoms with van der Waals surface area (Å²) in [6.07, 6.45) is 0. The number of amides is 2. The molecule has 1 aromatic carbocycles. The second-order valence-corrected chi connectivity index (χ2v) is 8.05. The van der Waals surface area contributed by atoms with E-state index in [1.807, 2.05) is 10.3 Å². The molecule has 0 radical (unpaired) electrons. The van der Waals surface area contributed by atoms with Gasteiger partial charge in [0.15, 0.2) is 11.8 Å². The SMILES string of the molecule is CC(=O)Nc1ccc(S(=O)(=O)NNC(=O)COc2nc(Cl)c(Cl)cc2Cl)cc1. The average molecular weight is 468 g/mol. The number of pyridine rings is 1. The molecule has 13 heteroatoms. The third kappa shape index (κ3) is 6.21. The molecule has 150 valence electrons. The van der Waals surface area contributed by atoms with Crippen LogP contribution in [0.3, 0.4) is 0 Å². The van der Waals surface area contributed by atoms with Gasteiger partial charge in [-0.2, -0.15) is 4.98 Å². The predicted molar refractivity (Wildman–Crippen MR) is 104 cm³/mol. The van der Waals surface area contributed by atoms with E-state index in [1.54, 1.807) is 0 Å². The van der Waals surface area contributed by atoms with E-state index in [0.717, 1.165) is 0 Å². The van der Waals surface area contributed by atoms with Crippen LogP contribution in [-0.4, -0.2) is 31.8 Å². The van der Waals surface area contributed by atoms with Crippen LogP contribution < -0.4 is 20.3 Å². The summed E-state index contributed by atoms with van der Waals surface area (Å²) in [5.41, 5.74) is 2.41. The van der Waals surface area contributed by atoms with E-state index in [2.05, 4.69) is 10.3 Å². The summed E-state index contributed by atoms with van der Waals surface area (Å²) in [6.45, 7) is 0.735. The summed E-state index contributed by atoms with van der Waals surface area (Å²) in [5, 5.41) is 2.58. The largest absolute Gasteiger partial charge is 0.466 e. The number of nitrogens with one attached hydrogen (secondary N) is 3. The fourth-order valence-corrected chi connectivity index (χ4v) is 3.21. The van der Waals surface area contributed by atoms with Crippen LogP contribution in [0.4, 0.5) is 5.69 Å². The summed E-state index contributed by atoms with van der Waals surface area (Å²) in [5.74, 6) is -1.25. The van der Waals surface area contributed by atoms with E-state index in [0.29, 0.717) is 5.69 Å². The van der Waals surface area contributed by atoms with Gasteiger partial charge >= 0.3 is 0 Å². The van der Waals surface area contributed by atoms with Crippen molar-refractivity contribution in [3.8, 4) is 5.88 Å². The van der Waals surface area contributed by atoms with E-state index in [4.69, 9.17) is 39.5 Å². The van der Waals surface area contributed by atoms with Gasteiger partial charge < -0.3 is 10.1 Å². The van der Waals surface area contributed by atoms with Crippen LogP contribution in [0, 0.1) is 0 Å². The quantitative estimate of drug-likeness (QED) is 0.424. The molecule has 9 nitrogen and oxygen atoms in total. The Balaban J connectivity index is 1.92. The highest BCUT2D eigenvalue weighted by Gasteiger charge is 2.16. The zero-order valence-electron chi connectivity index (χ0n) is 14.1. The molecule has 1 heterocycles. The Bertz CT molecular complexity index is 999. The lowest BCUT2D eigenvalue weighted by atomic mass is 10.3. The van der Waals surface area contributed by atoms with Crippen molar-refractivity contribution in [3.63, 3.8) is 0 Å². The monoisotopic (exact) mass is 466 g/mol. The van der Waals surface area contributed by atoms with Gasteiger partial charge in [0.25, 0.3) is 15.9 Å². The molecular formula is C15H13Cl3N4O5S. The third-order valence-corrected chi connectivity index (χ3v) is 5.21. The molecule has 0 atom stereocenters. The van der Waals surface area contributed by atoms with Crippen LogP contribution in [0.25, 0.3) is 0 Å². The minimum atomic E-state index is -4.03. The maximum Gasteiger partial charge on any atom is 0.272 e. The molecule has 0 unspecified atom stereocenters. The summed E-state index contributed by atoms with van der Waals surface area (Å²) < 4.78 is 29.4. The van der Waals surface area contributed by atoms with Crippen molar-refractivity contribution in [2.24, 2.45) is 0 Å². The van der Waals surface area contributed by atoms with Crippen LogP contribution in [0.5, 0.6) is 5.88 Å².